The molecule has 130 valence electrons. The molecule has 26 heavy (non-hydrogen) atoms. The van der Waals surface area contributed by atoms with Gasteiger partial charge in [0.05, 0.1) is 5.71 Å². The highest BCUT2D eigenvalue weighted by Gasteiger charge is 2.06. The van der Waals surface area contributed by atoms with Crippen LogP contribution in [0.2, 0.25) is 0 Å². The second-order valence-electron chi connectivity index (χ2n) is 6.38. The first-order chi connectivity index (χ1) is 12.5. The standard InChI is InChI=1S/C23H22N2O/c1-16-9-10-22(15-17(16)2)18(3)24-25-23(26)21-13-11-20(12-14-21)19-7-5-4-6-8-19/h4-15H,1-3H3,(H,25,26)/b24-18+. The summed E-state index contributed by atoms with van der Waals surface area (Å²) in [6.45, 7) is 6.04. The molecule has 1 amide bonds. The summed E-state index contributed by atoms with van der Waals surface area (Å²) < 4.78 is 0. The number of aryl methyl sites for hydroxylation is 2. The topological polar surface area (TPSA) is 41.5 Å². The van der Waals surface area contributed by atoms with Crippen molar-refractivity contribution in [2.24, 2.45) is 5.10 Å². The van der Waals surface area contributed by atoms with Crippen LogP contribution in [-0.2, 0) is 0 Å². The first-order valence-corrected chi connectivity index (χ1v) is 8.62. The van der Waals surface area contributed by atoms with E-state index >= 15 is 0 Å². The summed E-state index contributed by atoms with van der Waals surface area (Å²) in [5.74, 6) is -0.215. The average molecular weight is 342 g/mol. The molecule has 0 radical (unpaired) electrons. The van der Waals surface area contributed by atoms with Gasteiger partial charge >= 0.3 is 0 Å². The lowest BCUT2D eigenvalue weighted by molar-refractivity contribution is 0.0955. The van der Waals surface area contributed by atoms with E-state index in [9.17, 15) is 4.79 Å². The Kier molecular flexibility index (Phi) is 5.28. The average Bonchev–Trinajstić information content (AvgIpc) is 2.68. The van der Waals surface area contributed by atoms with Crippen LogP contribution in [0, 0.1) is 13.8 Å². The van der Waals surface area contributed by atoms with E-state index in [-0.39, 0.29) is 5.91 Å². The molecule has 0 aromatic heterocycles. The molecule has 3 heteroatoms. The van der Waals surface area contributed by atoms with Crippen molar-refractivity contribution in [3.8, 4) is 11.1 Å². The highest BCUT2D eigenvalue weighted by Crippen LogP contribution is 2.19. The number of hydrogen-bond acceptors (Lipinski definition) is 2. The van der Waals surface area contributed by atoms with Gasteiger partial charge in [-0.25, -0.2) is 5.43 Å². The molecule has 3 rings (SSSR count). The number of nitrogens with zero attached hydrogens (tertiary/aromatic N) is 1. The Morgan fingerprint density at radius 3 is 2.04 bits per heavy atom. The van der Waals surface area contributed by atoms with E-state index in [4.69, 9.17) is 0 Å². The summed E-state index contributed by atoms with van der Waals surface area (Å²) in [7, 11) is 0. The quantitative estimate of drug-likeness (QED) is 0.518. The Morgan fingerprint density at radius 2 is 1.38 bits per heavy atom. The third-order valence-electron chi connectivity index (χ3n) is 4.50. The highest BCUT2D eigenvalue weighted by atomic mass is 16.2. The van der Waals surface area contributed by atoms with Gasteiger partial charge in [-0.05, 0) is 66.8 Å². The second kappa shape index (κ2) is 7.79. The Balaban J connectivity index is 1.70. The summed E-state index contributed by atoms with van der Waals surface area (Å²) in [5.41, 5.74) is 9.67. The van der Waals surface area contributed by atoms with Crippen molar-refractivity contribution in [1.29, 1.82) is 0 Å². The number of carbonyl (C=O) groups excluding carboxylic acids is 1. The fraction of sp³-hybridized carbons (Fsp3) is 0.130. The Labute approximate surface area is 154 Å². The van der Waals surface area contributed by atoms with E-state index in [0.29, 0.717) is 5.56 Å². The molecule has 3 aromatic rings. The van der Waals surface area contributed by atoms with Crippen LogP contribution in [0.4, 0.5) is 0 Å². The van der Waals surface area contributed by atoms with E-state index in [1.165, 1.54) is 11.1 Å². The van der Waals surface area contributed by atoms with E-state index in [0.717, 1.165) is 22.4 Å². The molecule has 0 heterocycles. The monoisotopic (exact) mass is 342 g/mol. The molecule has 0 bridgehead atoms. The summed E-state index contributed by atoms with van der Waals surface area (Å²) in [4.78, 5) is 12.3. The molecular weight excluding hydrogens is 320 g/mol. The van der Waals surface area contributed by atoms with Crippen molar-refractivity contribution < 1.29 is 4.79 Å². The minimum atomic E-state index is -0.215. The van der Waals surface area contributed by atoms with Gasteiger partial charge in [-0.15, -0.1) is 0 Å². The van der Waals surface area contributed by atoms with Gasteiger partial charge in [0.1, 0.15) is 0 Å². The molecule has 0 aliphatic carbocycles. The molecular formula is C23H22N2O. The maximum Gasteiger partial charge on any atom is 0.271 e. The minimum Gasteiger partial charge on any atom is -0.267 e. The number of rotatable bonds is 4. The second-order valence-corrected chi connectivity index (χ2v) is 6.38. The first kappa shape index (κ1) is 17.6. The maximum atomic E-state index is 12.3. The highest BCUT2D eigenvalue weighted by molar-refractivity contribution is 6.01. The van der Waals surface area contributed by atoms with Crippen LogP contribution < -0.4 is 5.43 Å². The first-order valence-electron chi connectivity index (χ1n) is 8.62. The van der Waals surface area contributed by atoms with Gasteiger partial charge in [-0.1, -0.05) is 54.6 Å². The summed E-state index contributed by atoms with van der Waals surface area (Å²) in [6, 6.07) is 23.8. The molecule has 3 nitrogen and oxygen atoms in total. The summed E-state index contributed by atoms with van der Waals surface area (Å²) in [6.07, 6.45) is 0. The van der Waals surface area contributed by atoms with Gasteiger partial charge in [0.2, 0.25) is 0 Å². The van der Waals surface area contributed by atoms with Crippen LogP contribution in [0.3, 0.4) is 0 Å². The number of carbonyl (C=O) groups is 1. The van der Waals surface area contributed by atoms with Crippen molar-refractivity contribution in [3.63, 3.8) is 0 Å². The van der Waals surface area contributed by atoms with Crippen LogP contribution in [0.1, 0.15) is 34.0 Å². The van der Waals surface area contributed by atoms with Gasteiger partial charge in [0.15, 0.2) is 0 Å². The van der Waals surface area contributed by atoms with Crippen molar-refractivity contribution in [2.45, 2.75) is 20.8 Å². The van der Waals surface area contributed by atoms with Crippen LogP contribution in [0.15, 0.2) is 77.9 Å². The lowest BCUT2D eigenvalue weighted by atomic mass is 10.0. The zero-order chi connectivity index (χ0) is 18.5. The number of hydrazone groups is 1. The maximum absolute atomic E-state index is 12.3. The Morgan fingerprint density at radius 1 is 0.769 bits per heavy atom. The smallest absolute Gasteiger partial charge is 0.267 e. The zero-order valence-corrected chi connectivity index (χ0v) is 15.3. The fourth-order valence-corrected chi connectivity index (χ4v) is 2.67. The number of amides is 1. The van der Waals surface area contributed by atoms with Gasteiger partial charge in [0.25, 0.3) is 5.91 Å². The van der Waals surface area contributed by atoms with Crippen LogP contribution >= 0.6 is 0 Å². The molecule has 0 atom stereocenters. The van der Waals surface area contributed by atoms with E-state index in [1.807, 2.05) is 67.6 Å². The van der Waals surface area contributed by atoms with E-state index < -0.39 is 0 Å². The van der Waals surface area contributed by atoms with Gasteiger partial charge in [0, 0.05) is 5.56 Å². The van der Waals surface area contributed by atoms with Crippen molar-refractivity contribution >= 4 is 11.6 Å². The predicted octanol–water partition coefficient (Wildman–Crippen LogP) is 5.12. The van der Waals surface area contributed by atoms with Crippen LogP contribution in [0.5, 0.6) is 0 Å². The van der Waals surface area contributed by atoms with Gasteiger partial charge < -0.3 is 0 Å². The molecule has 0 saturated heterocycles. The Bertz CT molecular complexity index is 942. The molecule has 0 aliphatic heterocycles. The third kappa shape index (κ3) is 4.06. The van der Waals surface area contributed by atoms with Gasteiger partial charge in [-0.3, -0.25) is 4.79 Å². The molecule has 0 spiro atoms. The molecule has 1 N–H and O–H groups in total. The summed E-state index contributed by atoms with van der Waals surface area (Å²) >= 11 is 0. The number of benzene rings is 3. The van der Waals surface area contributed by atoms with Crippen molar-refractivity contribution in [2.75, 3.05) is 0 Å². The van der Waals surface area contributed by atoms with E-state index in [2.05, 4.69) is 36.5 Å². The largest absolute Gasteiger partial charge is 0.271 e. The molecule has 0 aliphatic rings. The molecule has 0 saturated carbocycles. The fourth-order valence-electron chi connectivity index (χ4n) is 2.67. The van der Waals surface area contributed by atoms with Crippen molar-refractivity contribution in [1.82, 2.24) is 5.43 Å². The lowest BCUT2D eigenvalue weighted by Gasteiger charge is -2.06. The number of nitrogens with one attached hydrogen (secondary N) is 1. The third-order valence-corrected chi connectivity index (χ3v) is 4.50. The number of hydrogen-bond donors (Lipinski definition) is 1. The molecule has 0 unspecified atom stereocenters. The predicted molar refractivity (Wildman–Crippen MR) is 107 cm³/mol. The molecule has 0 fully saturated rings. The van der Waals surface area contributed by atoms with Crippen LogP contribution in [-0.4, -0.2) is 11.6 Å². The normalized spacial score (nSPS) is 11.3. The Hall–Kier alpha value is -3.20. The lowest BCUT2D eigenvalue weighted by Crippen LogP contribution is -2.19. The van der Waals surface area contributed by atoms with Gasteiger partial charge in [-0.2, -0.15) is 5.10 Å². The van der Waals surface area contributed by atoms with E-state index in [1.54, 1.807) is 0 Å². The van der Waals surface area contributed by atoms with Crippen molar-refractivity contribution in [3.05, 3.63) is 95.1 Å². The SMILES string of the molecule is C/C(=N\NC(=O)c1ccc(-c2ccccc2)cc1)c1ccc(C)c(C)c1. The molecule has 3 aromatic carbocycles. The van der Waals surface area contributed by atoms with Crippen LogP contribution in [0.25, 0.3) is 11.1 Å². The minimum absolute atomic E-state index is 0.215. The summed E-state index contributed by atoms with van der Waals surface area (Å²) in [5, 5.41) is 4.24. The zero-order valence-electron chi connectivity index (χ0n) is 15.3.